The van der Waals surface area contributed by atoms with Gasteiger partial charge in [0, 0.05) is 12.6 Å². The van der Waals surface area contributed by atoms with Gasteiger partial charge in [-0.05, 0) is 18.8 Å². The monoisotopic (exact) mass is 220 g/mol. The molecule has 0 aromatic heterocycles. The van der Waals surface area contributed by atoms with E-state index in [9.17, 15) is 8.42 Å². The zero-order valence-electron chi connectivity index (χ0n) is 8.70. The smallest absolute Gasteiger partial charge is 0.210 e. The van der Waals surface area contributed by atoms with E-state index in [-0.39, 0.29) is 5.75 Å². The molecule has 1 aliphatic carbocycles. The van der Waals surface area contributed by atoms with Crippen molar-refractivity contribution in [1.82, 2.24) is 5.32 Å². The predicted molar refractivity (Wildman–Crippen MR) is 57.4 cm³/mol. The molecule has 0 aromatic carbocycles. The van der Waals surface area contributed by atoms with Crippen molar-refractivity contribution in [2.45, 2.75) is 38.6 Å². The minimum atomic E-state index is -3.30. The van der Waals surface area contributed by atoms with Crippen molar-refractivity contribution >= 4 is 10.0 Å². The van der Waals surface area contributed by atoms with Gasteiger partial charge in [-0.3, -0.25) is 0 Å². The molecule has 0 spiro atoms. The summed E-state index contributed by atoms with van der Waals surface area (Å²) in [4.78, 5) is 0. The van der Waals surface area contributed by atoms with Crippen LogP contribution in [0.5, 0.6) is 0 Å². The van der Waals surface area contributed by atoms with E-state index in [1.807, 2.05) is 0 Å². The molecule has 1 saturated carbocycles. The fraction of sp³-hybridized carbons (Fsp3) is 1.00. The highest BCUT2D eigenvalue weighted by atomic mass is 32.2. The molecule has 5 heteroatoms. The Kier molecular flexibility index (Phi) is 4.34. The molecule has 14 heavy (non-hydrogen) atoms. The maximum Gasteiger partial charge on any atom is 0.210 e. The molecule has 3 N–H and O–H groups in total. The van der Waals surface area contributed by atoms with E-state index >= 15 is 0 Å². The maximum absolute atomic E-state index is 10.7. The first kappa shape index (κ1) is 11.9. The lowest BCUT2D eigenvalue weighted by Gasteiger charge is -2.27. The summed E-state index contributed by atoms with van der Waals surface area (Å²) in [7, 11) is -3.30. The van der Waals surface area contributed by atoms with Crippen molar-refractivity contribution in [2.24, 2.45) is 11.1 Å². The molecule has 2 unspecified atom stereocenters. The Morgan fingerprint density at radius 3 is 2.71 bits per heavy atom. The first-order chi connectivity index (χ1) is 6.47. The van der Waals surface area contributed by atoms with Crippen LogP contribution in [0.25, 0.3) is 0 Å². The van der Waals surface area contributed by atoms with E-state index in [2.05, 4.69) is 12.2 Å². The predicted octanol–water partition coefficient (Wildman–Crippen LogP) is 0.443. The third kappa shape index (κ3) is 4.93. The summed E-state index contributed by atoms with van der Waals surface area (Å²) in [5, 5.41) is 8.16. The van der Waals surface area contributed by atoms with E-state index in [0.29, 0.717) is 12.6 Å². The summed E-state index contributed by atoms with van der Waals surface area (Å²) in [6.07, 6.45) is 4.86. The lowest BCUT2D eigenvalue weighted by molar-refractivity contribution is 0.305. The van der Waals surface area contributed by atoms with Crippen LogP contribution >= 0.6 is 0 Å². The lowest BCUT2D eigenvalue weighted by Crippen LogP contribution is -2.37. The number of sulfonamides is 1. The average Bonchev–Trinajstić information content (AvgIpc) is 2.01. The second kappa shape index (κ2) is 5.09. The number of primary sulfonamides is 1. The molecule has 0 bridgehead atoms. The van der Waals surface area contributed by atoms with E-state index < -0.39 is 10.0 Å². The first-order valence-electron chi connectivity index (χ1n) is 5.21. The van der Waals surface area contributed by atoms with Crippen LogP contribution in [0.1, 0.15) is 32.6 Å². The highest BCUT2D eigenvalue weighted by Gasteiger charge is 2.18. The van der Waals surface area contributed by atoms with Crippen molar-refractivity contribution in [1.29, 1.82) is 0 Å². The summed E-state index contributed by atoms with van der Waals surface area (Å²) in [6, 6.07) is 0.487. The van der Waals surface area contributed by atoms with Gasteiger partial charge in [0.1, 0.15) is 0 Å². The Morgan fingerprint density at radius 2 is 2.14 bits per heavy atom. The van der Waals surface area contributed by atoms with Gasteiger partial charge in [0.05, 0.1) is 5.75 Å². The molecule has 0 aliphatic heterocycles. The molecular formula is C9H20N2O2S. The van der Waals surface area contributed by atoms with Crippen LogP contribution in [0, 0.1) is 5.92 Å². The SMILES string of the molecule is CC1CCCC(NCCS(N)(=O)=O)C1. The molecular weight excluding hydrogens is 200 g/mol. The molecule has 1 fully saturated rings. The van der Waals surface area contributed by atoms with Crippen LogP contribution in [-0.2, 0) is 10.0 Å². The van der Waals surface area contributed by atoms with Crippen molar-refractivity contribution in [3.63, 3.8) is 0 Å². The Bertz CT molecular complexity index is 264. The topological polar surface area (TPSA) is 72.2 Å². The fourth-order valence-electron chi connectivity index (χ4n) is 2.02. The molecule has 0 radical (unpaired) electrons. The third-order valence-electron chi connectivity index (χ3n) is 2.76. The zero-order valence-corrected chi connectivity index (χ0v) is 9.52. The fourth-order valence-corrected chi connectivity index (χ4v) is 2.43. The van der Waals surface area contributed by atoms with Crippen LogP contribution in [-0.4, -0.2) is 26.8 Å². The maximum atomic E-state index is 10.7. The molecule has 2 atom stereocenters. The number of nitrogens with one attached hydrogen (secondary N) is 1. The Hall–Kier alpha value is -0.130. The molecule has 1 aliphatic rings. The normalized spacial score (nSPS) is 29.0. The third-order valence-corrected chi connectivity index (χ3v) is 3.53. The molecule has 0 amide bonds. The Morgan fingerprint density at radius 1 is 1.43 bits per heavy atom. The zero-order chi connectivity index (χ0) is 10.6. The van der Waals surface area contributed by atoms with Gasteiger partial charge in [0.25, 0.3) is 0 Å². The largest absolute Gasteiger partial charge is 0.313 e. The minimum Gasteiger partial charge on any atom is -0.313 e. The second-order valence-corrected chi connectivity index (χ2v) is 6.02. The van der Waals surface area contributed by atoms with E-state index in [1.165, 1.54) is 12.8 Å². The van der Waals surface area contributed by atoms with Crippen LogP contribution in [0.2, 0.25) is 0 Å². The van der Waals surface area contributed by atoms with E-state index in [1.54, 1.807) is 0 Å². The van der Waals surface area contributed by atoms with Gasteiger partial charge < -0.3 is 5.32 Å². The molecule has 0 heterocycles. The van der Waals surface area contributed by atoms with Crippen molar-refractivity contribution in [3.05, 3.63) is 0 Å². The summed E-state index contributed by atoms with van der Waals surface area (Å²) in [6.45, 7) is 2.73. The standard InChI is InChI=1S/C9H20N2O2S/c1-8-3-2-4-9(7-8)11-5-6-14(10,12)13/h8-9,11H,2-7H2,1H3,(H2,10,12,13). The molecule has 1 rings (SSSR count). The molecule has 0 saturated heterocycles. The van der Waals surface area contributed by atoms with Crippen LogP contribution in [0.4, 0.5) is 0 Å². The summed E-state index contributed by atoms with van der Waals surface area (Å²) >= 11 is 0. The van der Waals surface area contributed by atoms with Gasteiger partial charge >= 0.3 is 0 Å². The number of hydrogen-bond acceptors (Lipinski definition) is 3. The molecule has 84 valence electrons. The van der Waals surface area contributed by atoms with Gasteiger partial charge in [-0.2, -0.15) is 0 Å². The second-order valence-electron chi connectivity index (χ2n) is 4.29. The number of nitrogens with two attached hydrogens (primary N) is 1. The van der Waals surface area contributed by atoms with Gasteiger partial charge in [-0.15, -0.1) is 0 Å². The number of hydrogen-bond donors (Lipinski definition) is 2. The van der Waals surface area contributed by atoms with Crippen molar-refractivity contribution in [2.75, 3.05) is 12.3 Å². The van der Waals surface area contributed by atoms with Crippen molar-refractivity contribution < 1.29 is 8.42 Å². The summed E-state index contributed by atoms with van der Waals surface area (Å²) < 4.78 is 21.4. The minimum absolute atomic E-state index is 0.0396. The Labute approximate surface area is 86.3 Å². The van der Waals surface area contributed by atoms with Crippen LogP contribution in [0.15, 0.2) is 0 Å². The van der Waals surface area contributed by atoms with Gasteiger partial charge in [-0.1, -0.05) is 19.8 Å². The quantitative estimate of drug-likeness (QED) is 0.722. The van der Waals surface area contributed by atoms with E-state index in [0.717, 1.165) is 18.8 Å². The van der Waals surface area contributed by atoms with Crippen LogP contribution < -0.4 is 10.5 Å². The van der Waals surface area contributed by atoms with Gasteiger partial charge in [-0.25, -0.2) is 13.6 Å². The van der Waals surface area contributed by atoms with Gasteiger partial charge in [0.2, 0.25) is 10.0 Å². The average molecular weight is 220 g/mol. The summed E-state index contributed by atoms with van der Waals surface area (Å²) in [5.74, 6) is 0.800. The number of rotatable bonds is 4. The highest BCUT2D eigenvalue weighted by molar-refractivity contribution is 7.89. The van der Waals surface area contributed by atoms with Crippen LogP contribution in [0.3, 0.4) is 0 Å². The van der Waals surface area contributed by atoms with Gasteiger partial charge in [0.15, 0.2) is 0 Å². The molecule has 0 aromatic rings. The molecule has 4 nitrogen and oxygen atoms in total. The lowest BCUT2D eigenvalue weighted by atomic mass is 9.87. The summed E-state index contributed by atoms with van der Waals surface area (Å²) in [5.41, 5.74) is 0. The Balaban J connectivity index is 2.18. The first-order valence-corrected chi connectivity index (χ1v) is 6.93. The van der Waals surface area contributed by atoms with E-state index in [4.69, 9.17) is 5.14 Å². The van der Waals surface area contributed by atoms with Crippen molar-refractivity contribution in [3.8, 4) is 0 Å². The highest BCUT2D eigenvalue weighted by Crippen LogP contribution is 2.23.